The fourth-order valence-electron chi connectivity index (χ4n) is 4.18. The molecule has 1 N–H and O–H groups in total. The van der Waals surface area contributed by atoms with Crippen LogP contribution in [0.2, 0.25) is 5.02 Å². The van der Waals surface area contributed by atoms with E-state index in [1.807, 2.05) is 19.1 Å². The Balaban J connectivity index is 1.48. The summed E-state index contributed by atoms with van der Waals surface area (Å²) in [4.78, 5) is 38.6. The van der Waals surface area contributed by atoms with E-state index in [1.165, 1.54) is 0 Å². The SMILES string of the molecule is Cc1ccc(Cl)cc1NC(=O)CN1C(=O)[C@@H]2[C@H](C1=O)[C@H]1C=C[C@H]2C1. The summed E-state index contributed by atoms with van der Waals surface area (Å²) >= 11 is 5.94. The van der Waals surface area contributed by atoms with Crippen LogP contribution in [-0.2, 0) is 14.4 Å². The average molecular weight is 345 g/mol. The summed E-state index contributed by atoms with van der Waals surface area (Å²) in [7, 11) is 0. The maximum Gasteiger partial charge on any atom is 0.244 e. The van der Waals surface area contributed by atoms with Crippen LogP contribution in [0, 0.1) is 30.6 Å². The molecule has 1 aromatic carbocycles. The molecular weight excluding hydrogens is 328 g/mol. The second-order valence-corrected chi connectivity index (χ2v) is 7.21. The van der Waals surface area contributed by atoms with Gasteiger partial charge in [-0.25, -0.2) is 0 Å². The zero-order valence-electron chi connectivity index (χ0n) is 13.2. The van der Waals surface area contributed by atoms with Gasteiger partial charge in [0.25, 0.3) is 0 Å². The highest BCUT2D eigenvalue weighted by atomic mass is 35.5. The van der Waals surface area contributed by atoms with E-state index in [1.54, 1.807) is 18.2 Å². The predicted octanol–water partition coefficient (Wildman–Crippen LogP) is 2.39. The molecule has 4 atom stereocenters. The maximum absolute atomic E-state index is 12.6. The first-order valence-electron chi connectivity index (χ1n) is 8.05. The number of aryl methyl sites for hydroxylation is 1. The van der Waals surface area contributed by atoms with Crippen LogP contribution in [0.4, 0.5) is 5.69 Å². The Morgan fingerprint density at radius 1 is 1.21 bits per heavy atom. The summed E-state index contributed by atoms with van der Waals surface area (Å²) in [5, 5.41) is 3.25. The molecule has 0 spiro atoms. The van der Waals surface area contributed by atoms with Gasteiger partial charge in [-0.05, 0) is 42.9 Å². The number of allylic oxidation sites excluding steroid dienone is 2. The van der Waals surface area contributed by atoms with Gasteiger partial charge in [0.2, 0.25) is 17.7 Å². The highest BCUT2D eigenvalue weighted by molar-refractivity contribution is 6.31. The summed E-state index contributed by atoms with van der Waals surface area (Å²) in [6.07, 6.45) is 4.96. The van der Waals surface area contributed by atoms with Crippen molar-refractivity contribution in [2.75, 3.05) is 11.9 Å². The highest BCUT2D eigenvalue weighted by Gasteiger charge is 2.59. The fourth-order valence-corrected chi connectivity index (χ4v) is 4.35. The molecule has 0 aromatic heterocycles. The number of anilines is 1. The standard InChI is InChI=1S/C18H17ClN2O3/c1-9-2-5-12(19)7-13(9)20-14(22)8-21-17(23)15-10-3-4-11(6-10)16(15)18(21)24/h2-5,7,10-11,15-16H,6,8H2,1H3,(H,20,22)/t10-,11-,15-,16+/m0/s1. The van der Waals surface area contributed by atoms with Gasteiger partial charge in [-0.3, -0.25) is 19.3 Å². The minimum atomic E-state index is -0.387. The summed E-state index contributed by atoms with van der Waals surface area (Å²) in [5.74, 6) is -1.04. The number of likely N-dealkylation sites (tertiary alicyclic amines) is 1. The first-order valence-corrected chi connectivity index (χ1v) is 8.43. The van der Waals surface area contributed by atoms with E-state index in [-0.39, 0.29) is 47.9 Å². The summed E-state index contributed by atoms with van der Waals surface area (Å²) in [6.45, 7) is 1.61. The van der Waals surface area contributed by atoms with Crippen LogP contribution in [0.5, 0.6) is 0 Å². The van der Waals surface area contributed by atoms with Crippen molar-refractivity contribution < 1.29 is 14.4 Å². The van der Waals surface area contributed by atoms with Crippen LogP contribution in [0.3, 0.4) is 0 Å². The van der Waals surface area contributed by atoms with E-state index in [0.717, 1.165) is 16.9 Å². The van der Waals surface area contributed by atoms with E-state index in [0.29, 0.717) is 10.7 Å². The van der Waals surface area contributed by atoms with E-state index >= 15 is 0 Å². The normalized spacial score (nSPS) is 30.2. The third kappa shape index (κ3) is 2.26. The van der Waals surface area contributed by atoms with E-state index in [9.17, 15) is 14.4 Å². The molecule has 1 saturated heterocycles. The minimum absolute atomic E-state index is 0.152. The number of fused-ring (bicyclic) bond motifs is 5. The minimum Gasteiger partial charge on any atom is -0.324 e. The fraction of sp³-hybridized carbons (Fsp3) is 0.389. The lowest BCUT2D eigenvalue weighted by Crippen LogP contribution is -2.39. The van der Waals surface area contributed by atoms with Crippen molar-refractivity contribution in [2.24, 2.45) is 23.7 Å². The molecule has 1 saturated carbocycles. The molecule has 3 aliphatic rings. The number of amides is 3. The van der Waals surface area contributed by atoms with Crippen LogP contribution in [0.1, 0.15) is 12.0 Å². The molecule has 24 heavy (non-hydrogen) atoms. The van der Waals surface area contributed by atoms with Crippen molar-refractivity contribution in [3.05, 3.63) is 40.9 Å². The van der Waals surface area contributed by atoms with E-state index < -0.39 is 0 Å². The lowest BCUT2D eigenvalue weighted by molar-refractivity contribution is -0.143. The Kier molecular flexibility index (Phi) is 3.49. The largest absolute Gasteiger partial charge is 0.324 e. The molecule has 6 heteroatoms. The third-order valence-corrected chi connectivity index (χ3v) is 5.57. The number of nitrogens with one attached hydrogen (secondary N) is 1. The molecule has 2 fully saturated rings. The maximum atomic E-state index is 12.6. The number of hydrogen-bond acceptors (Lipinski definition) is 3. The van der Waals surface area contributed by atoms with Gasteiger partial charge in [0.05, 0.1) is 11.8 Å². The molecule has 1 heterocycles. The van der Waals surface area contributed by atoms with E-state index in [4.69, 9.17) is 11.6 Å². The summed E-state index contributed by atoms with van der Waals surface area (Å²) < 4.78 is 0. The molecule has 2 bridgehead atoms. The molecule has 2 aliphatic carbocycles. The van der Waals surface area contributed by atoms with E-state index in [2.05, 4.69) is 5.32 Å². The Labute approximate surface area is 144 Å². The summed E-state index contributed by atoms with van der Waals surface area (Å²) in [5.41, 5.74) is 1.46. The number of halogens is 1. The first-order chi connectivity index (χ1) is 11.5. The lowest BCUT2D eigenvalue weighted by Gasteiger charge is -2.17. The number of hydrogen-bond donors (Lipinski definition) is 1. The van der Waals surface area contributed by atoms with Gasteiger partial charge in [0.1, 0.15) is 6.54 Å². The van der Waals surface area contributed by atoms with Crippen molar-refractivity contribution >= 4 is 35.0 Å². The van der Waals surface area contributed by atoms with Gasteiger partial charge in [-0.15, -0.1) is 0 Å². The topological polar surface area (TPSA) is 66.5 Å². The Hall–Kier alpha value is -2.14. The van der Waals surface area contributed by atoms with Crippen LogP contribution < -0.4 is 5.32 Å². The molecule has 0 unspecified atom stereocenters. The average Bonchev–Trinajstić information content (AvgIpc) is 3.21. The molecule has 3 amide bonds. The number of carbonyl (C=O) groups excluding carboxylic acids is 3. The van der Waals surface area contributed by atoms with Crippen LogP contribution in [0.25, 0.3) is 0 Å². The van der Waals surface area contributed by atoms with Crippen molar-refractivity contribution in [1.29, 1.82) is 0 Å². The molecule has 0 radical (unpaired) electrons. The van der Waals surface area contributed by atoms with Gasteiger partial charge in [-0.1, -0.05) is 29.8 Å². The third-order valence-electron chi connectivity index (χ3n) is 5.34. The Bertz CT molecular complexity index is 758. The zero-order chi connectivity index (χ0) is 17.0. The predicted molar refractivity (Wildman–Crippen MR) is 89.3 cm³/mol. The number of carbonyl (C=O) groups is 3. The smallest absolute Gasteiger partial charge is 0.244 e. The number of nitrogens with zero attached hydrogens (tertiary/aromatic N) is 1. The zero-order valence-corrected chi connectivity index (χ0v) is 13.9. The Morgan fingerprint density at radius 2 is 1.83 bits per heavy atom. The second-order valence-electron chi connectivity index (χ2n) is 6.77. The molecule has 1 aliphatic heterocycles. The first kappa shape index (κ1) is 15.4. The van der Waals surface area contributed by atoms with Gasteiger partial charge < -0.3 is 5.32 Å². The highest BCUT2D eigenvalue weighted by Crippen LogP contribution is 2.52. The summed E-state index contributed by atoms with van der Waals surface area (Å²) in [6, 6.07) is 5.20. The van der Waals surface area contributed by atoms with Crippen LogP contribution in [-0.4, -0.2) is 29.2 Å². The van der Waals surface area contributed by atoms with Crippen molar-refractivity contribution in [3.8, 4) is 0 Å². The molecule has 5 nitrogen and oxygen atoms in total. The van der Waals surface area contributed by atoms with Crippen molar-refractivity contribution in [1.82, 2.24) is 4.90 Å². The monoisotopic (exact) mass is 344 g/mol. The quantitative estimate of drug-likeness (QED) is 0.676. The second kappa shape index (κ2) is 5.45. The van der Waals surface area contributed by atoms with Gasteiger partial charge in [0.15, 0.2) is 0 Å². The number of imide groups is 1. The van der Waals surface area contributed by atoms with Crippen molar-refractivity contribution in [3.63, 3.8) is 0 Å². The molecular formula is C18H17ClN2O3. The number of rotatable bonds is 3. The van der Waals surface area contributed by atoms with Crippen LogP contribution in [0.15, 0.2) is 30.4 Å². The van der Waals surface area contributed by atoms with Gasteiger partial charge >= 0.3 is 0 Å². The number of benzene rings is 1. The molecule has 124 valence electrons. The van der Waals surface area contributed by atoms with Crippen molar-refractivity contribution in [2.45, 2.75) is 13.3 Å². The van der Waals surface area contributed by atoms with Gasteiger partial charge in [-0.2, -0.15) is 0 Å². The lowest BCUT2D eigenvalue weighted by atomic mass is 9.85. The molecule has 1 aromatic rings. The van der Waals surface area contributed by atoms with Crippen LogP contribution >= 0.6 is 11.6 Å². The molecule has 4 rings (SSSR count). The van der Waals surface area contributed by atoms with Gasteiger partial charge in [0, 0.05) is 10.7 Å². The Morgan fingerprint density at radius 3 is 2.46 bits per heavy atom.